The van der Waals surface area contributed by atoms with E-state index in [0.717, 1.165) is 50.4 Å². The number of nitrogen functional groups attached to an aromatic ring is 1. The lowest BCUT2D eigenvalue weighted by Gasteiger charge is -2.10. The van der Waals surface area contributed by atoms with Crippen LogP contribution in [-0.4, -0.2) is 13.2 Å². The van der Waals surface area contributed by atoms with Crippen molar-refractivity contribution in [1.82, 2.24) is 0 Å². The van der Waals surface area contributed by atoms with E-state index in [4.69, 9.17) is 15.2 Å². The van der Waals surface area contributed by atoms with Crippen LogP contribution in [0.2, 0.25) is 0 Å². The van der Waals surface area contributed by atoms with Crippen LogP contribution in [0.25, 0.3) is 0 Å². The van der Waals surface area contributed by atoms with E-state index < -0.39 is 0 Å². The molecule has 0 bridgehead atoms. The standard InChI is InChI=1S/C14H23NO2.ClH/c1-3-5-9-16-12-7-8-14(13(15)11-12)17-10-6-4-2;/h7-8,11H,3-6,9-10,15H2,1-2H3;1H. The van der Waals surface area contributed by atoms with Gasteiger partial charge in [-0.3, -0.25) is 0 Å². The molecule has 1 rings (SSSR count). The molecule has 0 saturated heterocycles. The van der Waals surface area contributed by atoms with Gasteiger partial charge < -0.3 is 15.2 Å². The van der Waals surface area contributed by atoms with E-state index >= 15 is 0 Å². The second-order valence-corrected chi connectivity index (χ2v) is 4.10. The Bertz CT molecular complexity index is 332. The van der Waals surface area contributed by atoms with E-state index in [0.29, 0.717) is 5.69 Å². The van der Waals surface area contributed by atoms with Gasteiger partial charge in [0.1, 0.15) is 11.5 Å². The molecule has 1 aromatic carbocycles. The third-order valence-corrected chi connectivity index (χ3v) is 2.50. The summed E-state index contributed by atoms with van der Waals surface area (Å²) >= 11 is 0. The molecule has 0 heterocycles. The summed E-state index contributed by atoms with van der Waals surface area (Å²) < 4.78 is 11.1. The number of hydrogen-bond donors (Lipinski definition) is 1. The van der Waals surface area contributed by atoms with Crippen molar-refractivity contribution in [2.24, 2.45) is 0 Å². The number of rotatable bonds is 8. The summed E-state index contributed by atoms with van der Waals surface area (Å²) in [5.74, 6) is 1.57. The molecule has 0 aliphatic carbocycles. The zero-order valence-corrected chi connectivity index (χ0v) is 12.1. The van der Waals surface area contributed by atoms with E-state index in [1.807, 2.05) is 18.2 Å². The average Bonchev–Trinajstić information content (AvgIpc) is 2.32. The van der Waals surface area contributed by atoms with Crippen molar-refractivity contribution < 1.29 is 9.47 Å². The van der Waals surface area contributed by atoms with Gasteiger partial charge in [0.2, 0.25) is 0 Å². The highest BCUT2D eigenvalue weighted by Crippen LogP contribution is 2.26. The normalized spacial score (nSPS) is 9.67. The molecule has 104 valence electrons. The molecule has 0 aliphatic heterocycles. The lowest BCUT2D eigenvalue weighted by atomic mass is 10.2. The van der Waals surface area contributed by atoms with Gasteiger partial charge in [-0.1, -0.05) is 26.7 Å². The zero-order chi connectivity index (χ0) is 12.5. The Morgan fingerprint density at radius 2 is 1.61 bits per heavy atom. The maximum Gasteiger partial charge on any atom is 0.142 e. The van der Waals surface area contributed by atoms with Gasteiger partial charge in [0.25, 0.3) is 0 Å². The maximum atomic E-state index is 5.90. The lowest BCUT2D eigenvalue weighted by molar-refractivity contribution is 0.302. The fourth-order valence-corrected chi connectivity index (χ4v) is 1.41. The van der Waals surface area contributed by atoms with E-state index in [9.17, 15) is 0 Å². The van der Waals surface area contributed by atoms with Crippen molar-refractivity contribution in [1.29, 1.82) is 0 Å². The lowest BCUT2D eigenvalue weighted by Crippen LogP contribution is -2.01. The minimum Gasteiger partial charge on any atom is -0.494 e. The SMILES string of the molecule is CCCCOc1ccc(OCCCC)c(N)c1.Cl. The molecule has 0 saturated carbocycles. The van der Waals surface area contributed by atoms with Crippen molar-refractivity contribution in [2.75, 3.05) is 18.9 Å². The molecule has 0 amide bonds. The molecule has 0 atom stereocenters. The topological polar surface area (TPSA) is 44.5 Å². The number of benzene rings is 1. The first kappa shape index (κ1) is 16.9. The number of nitrogens with two attached hydrogens (primary N) is 1. The third-order valence-electron chi connectivity index (χ3n) is 2.50. The highest BCUT2D eigenvalue weighted by Gasteiger charge is 2.02. The zero-order valence-electron chi connectivity index (χ0n) is 11.3. The molecule has 4 heteroatoms. The first-order valence-electron chi connectivity index (χ1n) is 6.43. The van der Waals surface area contributed by atoms with E-state index in [1.54, 1.807) is 0 Å². The largest absolute Gasteiger partial charge is 0.494 e. The Morgan fingerprint density at radius 1 is 1.00 bits per heavy atom. The summed E-state index contributed by atoms with van der Waals surface area (Å²) in [6.45, 7) is 5.74. The van der Waals surface area contributed by atoms with E-state index in [1.165, 1.54) is 0 Å². The van der Waals surface area contributed by atoms with Gasteiger partial charge >= 0.3 is 0 Å². The summed E-state index contributed by atoms with van der Waals surface area (Å²) in [4.78, 5) is 0. The number of unbranched alkanes of at least 4 members (excludes halogenated alkanes) is 2. The molecule has 0 aliphatic rings. The molecule has 1 aromatic rings. The number of ether oxygens (including phenoxy) is 2. The van der Waals surface area contributed by atoms with Crippen LogP contribution in [0.4, 0.5) is 5.69 Å². The van der Waals surface area contributed by atoms with Crippen LogP contribution in [0.3, 0.4) is 0 Å². The first-order valence-corrected chi connectivity index (χ1v) is 6.43. The fraction of sp³-hybridized carbons (Fsp3) is 0.571. The second-order valence-electron chi connectivity index (χ2n) is 4.10. The van der Waals surface area contributed by atoms with Gasteiger partial charge in [0.15, 0.2) is 0 Å². The van der Waals surface area contributed by atoms with Crippen molar-refractivity contribution in [3.05, 3.63) is 18.2 Å². The van der Waals surface area contributed by atoms with Crippen molar-refractivity contribution in [3.63, 3.8) is 0 Å². The minimum absolute atomic E-state index is 0. The van der Waals surface area contributed by atoms with E-state index in [-0.39, 0.29) is 12.4 Å². The molecular formula is C14H24ClNO2. The van der Waals surface area contributed by atoms with Crippen molar-refractivity contribution in [3.8, 4) is 11.5 Å². The smallest absolute Gasteiger partial charge is 0.142 e. The Hall–Kier alpha value is -1.09. The number of halogens is 1. The van der Waals surface area contributed by atoms with Gasteiger partial charge in [-0.2, -0.15) is 0 Å². The molecule has 2 N–H and O–H groups in total. The maximum absolute atomic E-state index is 5.90. The van der Waals surface area contributed by atoms with Crippen LogP contribution in [0, 0.1) is 0 Å². The quantitative estimate of drug-likeness (QED) is 0.574. The van der Waals surface area contributed by atoms with Crippen LogP contribution in [0.5, 0.6) is 11.5 Å². The molecule has 0 radical (unpaired) electrons. The van der Waals surface area contributed by atoms with E-state index in [2.05, 4.69) is 13.8 Å². The Kier molecular flexibility index (Phi) is 9.29. The van der Waals surface area contributed by atoms with Crippen LogP contribution in [0.15, 0.2) is 18.2 Å². The predicted molar refractivity (Wildman–Crippen MR) is 78.9 cm³/mol. The summed E-state index contributed by atoms with van der Waals surface area (Å²) in [7, 11) is 0. The Morgan fingerprint density at radius 3 is 2.17 bits per heavy atom. The molecule has 0 unspecified atom stereocenters. The fourth-order valence-electron chi connectivity index (χ4n) is 1.41. The molecule has 0 aromatic heterocycles. The highest BCUT2D eigenvalue weighted by atomic mass is 35.5. The number of anilines is 1. The Balaban J connectivity index is 0.00000289. The van der Waals surface area contributed by atoms with Crippen molar-refractivity contribution in [2.45, 2.75) is 39.5 Å². The van der Waals surface area contributed by atoms with Crippen LogP contribution in [-0.2, 0) is 0 Å². The third kappa shape index (κ3) is 6.01. The second kappa shape index (κ2) is 9.89. The molecule has 0 fully saturated rings. The van der Waals surface area contributed by atoms with Crippen molar-refractivity contribution >= 4 is 18.1 Å². The van der Waals surface area contributed by atoms with Crippen LogP contribution >= 0.6 is 12.4 Å². The van der Waals surface area contributed by atoms with Gasteiger partial charge in [0, 0.05) is 6.07 Å². The number of hydrogen-bond acceptors (Lipinski definition) is 3. The van der Waals surface area contributed by atoms with Crippen LogP contribution < -0.4 is 15.2 Å². The summed E-state index contributed by atoms with van der Waals surface area (Å²) in [6.07, 6.45) is 4.37. The van der Waals surface area contributed by atoms with Gasteiger partial charge in [-0.05, 0) is 25.0 Å². The Labute approximate surface area is 116 Å². The van der Waals surface area contributed by atoms with Gasteiger partial charge in [0.05, 0.1) is 18.9 Å². The summed E-state index contributed by atoms with van der Waals surface area (Å²) in [5, 5.41) is 0. The van der Waals surface area contributed by atoms with Gasteiger partial charge in [-0.25, -0.2) is 0 Å². The first-order chi connectivity index (χ1) is 8.27. The monoisotopic (exact) mass is 273 g/mol. The molecule has 0 spiro atoms. The predicted octanol–water partition coefficient (Wildman–Crippen LogP) is 4.05. The molecular weight excluding hydrogens is 250 g/mol. The summed E-state index contributed by atoms with van der Waals surface area (Å²) in [5.41, 5.74) is 6.55. The van der Waals surface area contributed by atoms with Crippen LogP contribution in [0.1, 0.15) is 39.5 Å². The summed E-state index contributed by atoms with van der Waals surface area (Å²) in [6, 6.07) is 5.62. The molecule has 3 nitrogen and oxygen atoms in total. The average molecular weight is 274 g/mol. The minimum atomic E-state index is 0. The highest BCUT2D eigenvalue weighted by molar-refractivity contribution is 5.85. The molecule has 18 heavy (non-hydrogen) atoms. The van der Waals surface area contributed by atoms with Gasteiger partial charge in [-0.15, -0.1) is 12.4 Å².